The van der Waals surface area contributed by atoms with E-state index in [1.807, 2.05) is 76.2 Å². The van der Waals surface area contributed by atoms with Crippen LogP contribution in [0.25, 0.3) is 32.3 Å². The molecule has 0 radical (unpaired) electrons. The van der Waals surface area contributed by atoms with Crippen molar-refractivity contribution in [3.63, 3.8) is 0 Å². The molecule has 0 saturated carbocycles. The van der Waals surface area contributed by atoms with Gasteiger partial charge >= 0.3 is 0 Å². The van der Waals surface area contributed by atoms with Gasteiger partial charge in [0.1, 0.15) is 10.5 Å². The highest BCUT2D eigenvalue weighted by atomic mass is 32.2. The maximum atomic E-state index is 12.6. The molecule has 0 aromatic heterocycles. The number of nitrogens with one attached hydrogen (secondary N) is 1. The zero-order chi connectivity index (χ0) is 24.3. The normalized spacial score (nSPS) is 20.9. The Kier molecular flexibility index (Phi) is 5.54. The van der Waals surface area contributed by atoms with Gasteiger partial charge in [0.05, 0.1) is 0 Å². The van der Waals surface area contributed by atoms with E-state index < -0.39 is 28.2 Å². The summed E-state index contributed by atoms with van der Waals surface area (Å²) < 4.78 is 41.5. The van der Waals surface area contributed by atoms with Crippen LogP contribution in [0.1, 0.15) is 27.7 Å². The third-order valence-electron chi connectivity index (χ3n) is 6.22. The number of hydrogen-bond acceptors (Lipinski definition) is 6. The zero-order valence-corrected chi connectivity index (χ0v) is 20.2. The Morgan fingerprint density at radius 3 is 2.41 bits per heavy atom. The number of fused-ring (bicyclic) bond motifs is 5. The van der Waals surface area contributed by atoms with Crippen molar-refractivity contribution in [2.75, 3.05) is 5.32 Å². The molecule has 0 aliphatic carbocycles. The van der Waals surface area contributed by atoms with E-state index in [4.69, 9.17) is 14.5 Å². The third kappa shape index (κ3) is 3.91. The fourth-order valence-electron chi connectivity index (χ4n) is 4.41. The molecule has 2 unspecified atom stereocenters. The van der Waals surface area contributed by atoms with Crippen molar-refractivity contribution in [2.45, 2.75) is 50.7 Å². The molecule has 1 saturated heterocycles. The van der Waals surface area contributed by atoms with Crippen molar-refractivity contribution in [1.82, 2.24) is 0 Å². The highest BCUT2D eigenvalue weighted by Crippen LogP contribution is 2.40. The van der Waals surface area contributed by atoms with Crippen LogP contribution in [0.2, 0.25) is 0 Å². The number of rotatable bonds is 4. The van der Waals surface area contributed by atoms with Gasteiger partial charge in [-0.15, -0.1) is 0 Å². The monoisotopic (exact) mass is 481 g/mol. The second kappa shape index (κ2) is 8.18. The lowest BCUT2D eigenvalue weighted by atomic mass is 9.96. The molecule has 0 bridgehead atoms. The van der Waals surface area contributed by atoms with E-state index in [2.05, 4.69) is 5.32 Å². The Bertz CT molecular complexity index is 1510. The van der Waals surface area contributed by atoms with Crippen LogP contribution in [-0.4, -0.2) is 31.1 Å². The van der Waals surface area contributed by atoms with E-state index in [1.165, 1.54) is 0 Å². The molecule has 2 N–H and O–H groups in total. The summed E-state index contributed by atoms with van der Waals surface area (Å²) in [4.78, 5) is 10.8. The minimum atomic E-state index is -4.54. The van der Waals surface area contributed by atoms with Crippen LogP contribution < -0.4 is 5.32 Å². The first-order valence-corrected chi connectivity index (χ1v) is 12.6. The predicted octanol–water partition coefficient (Wildman–Crippen LogP) is 5.87. The Morgan fingerprint density at radius 2 is 1.68 bits per heavy atom. The quantitative estimate of drug-likeness (QED) is 0.214. The molecule has 4 aromatic rings. The summed E-state index contributed by atoms with van der Waals surface area (Å²) >= 11 is 0. The van der Waals surface area contributed by atoms with Crippen LogP contribution in [-0.2, 0) is 24.6 Å². The van der Waals surface area contributed by atoms with Gasteiger partial charge in [0.2, 0.25) is 0 Å². The summed E-state index contributed by atoms with van der Waals surface area (Å²) in [6.07, 6.45) is -1.23. The summed E-state index contributed by atoms with van der Waals surface area (Å²) in [6, 6.07) is 18.8. The average molecular weight is 482 g/mol. The molecule has 8 heteroatoms. The highest BCUT2D eigenvalue weighted by Gasteiger charge is 2.42. The summed E-state index contributed by atoms with van der Waals surface area (Å²) in [5.74, 6) is 0.0403. The van der Waals surface area contributed by atoms with Gasteiger partial charge in [0.15, 0.2) is 12.5 Å². The van der Waals surface area contributed by atoms with Crippen LogP contribution in [0.15, 0.2) is 65.6 Å². The van der Waals surface area contributed by atoms with Crippen LogP contribution in [0.5, 0.6) is 0 Å². The molecule has 1 aliphatic heterocycles. The SMILES string of the molecule is CC(C)C1OOC(C)(C)C(Nc2cccc3c2c(S(=O)(=O)O)cc2c4ccccc4ccc32)O1. The topological polar surface area (TPSA) is 94.1 Å². The Balaban J connectivity index is 1.75. The van der Waals surface area contributed by atoms with Crippen molar-refractivity contribution in [1.29, 1.82) is 0 Å². The summed E-state index contributed by atoms with van der Waals surface area (Å²) in [6.45, 7) is 7.54. The summed E-state index contributed by atoms with van der Waals surface area (Å²) in [7, 11) is -4.54. The van der Waals surface area contributed by atoms with E-state index in [0.717, 1.165) is 21.5 Å². The minimum Gasteiger partial charge on any atom is -0.357 e. The first-order valence-electron chi connectivity index (χ1n) is 11.2. The maximum absolute atomic E-state index is 12.6. The van der Waals surface area contributed by atoms with Gasteiger partial charge in [-0.1, -0.05) is 62.4 Å². The van der Waals surface area contributed by atoms with Gasteiger partial charge in [0.25, 0.3) is 10.1 Å². The molecule has 34 heavy (non-hydrogen) atoms. The zero-order valence-electron chi connectivity index (χ0n) is 19.4. The molecule has 1 heterocycles. The number of benzene rings is 4. The van der Waals surface area contributed by atoms with E-state index >= 15 is 0 Å². The van der Waals surface area contributed by atoms with Gasteiger partial charge in [-0.05, 0) is 52.9 Å². The Hall–Kier alpha value is -2.75. The summed E-state index contributed by atoms with van der Waals surface area (Å²) in [5.41, 5.74) is -0.356. The van der Waals surface area contributed by atoms with Gasteiger partial charge in [-0.2, -0.15) is 8.42 Å². The molecule has 178 valence electrons. The molecule has 0 amide bonds. The lowest BCUT2D eigenvalue weighted by molar-refractivity contribution is -0.485. The van der Waals surface area contributed by atoms with Gasteiger partial charge in [-0.25, -0.2) is 9.78 Å². The third-order valence-corrected chi connectivity index (χ3v) is 7.09. The number of anilines is 1. The first kappa shape index (κ1) is 23.0. The number of ether oxygens (including phenoxy) is 1. The van der Waals surface area contributed by atoms with Gasteiger partial charge in [-0.3, -0.25) is 4.55 Å². The average Bonchev–Trinajstić information content (AvgIpc) is 2.78. The molecule has 0 spiro atoms. The van der Waals surface area contributed by atoms with Crippen molar-refractivity contribution >= 4 is 48.1 Å². The Morgan fingerprint density at radius 1 is 0.941 bits per heavy atom. The van der Waals surface area contributed by atoms with Crippen LogP contribution in [0.4, 0.5) is 5.69 Å². The maximum Gasteiger partial charge on any atom is 0.295 e. The van der Waals surface area contributed by atoms with E-state index in [-0.39, 0.29) is 10.8 Å². The van der Waals surface area contributed by atoms with E-state index in [0.29, 0.717) is 16.5 Å². The van der Waals surface area contributed by atoms with Crippen molar-refractivity contribution in [3.8, 4) is 0 Å². The molecular weight excluding hydrogens is 454 g/mol. The summed E-state index contributed by atoms with van der Waals surface area (Å²) in [5, 5.41) is 7.93. The number of hydrogen-bond donors (Lipinski definition) is 2. The van der Waals surface area contributed by atoms with Gasteiger partial charge in [0, 0.05) is 17.0 Å². The first-order chi connectivity index (χ1) is 16.1. The second-order valence-electron chi connectivity index (χ2n) is 9.52. The lowest BCUT2D eigenvalue weighted by Gasteiger charge is -2.42. The van der Waals surface area contributed by atoms with Crippen LogP contribution >= 0.6 is 0 Å². The van der Waals surface area contributed by atoms with Gasteiger partial charge < -0.3 is 10.1 Å². The fraction of sp³-hybridized carbons (Fsp3) is 0.308. The lowest BCUT2D eigenvalue weighted by Crippen LogP contribution is -2.54. The van der Waals surface area contributed by atoms with Crippen LogP contribution in [0.3, 0.4) is 0 Å². The molecule has 2 atom stereocenters. The molecule has 1 aliphatic rings. The predicted molar refractivity (Wildman–Crippen MR) is 132 cm³/mol. The minimum absolute atomic E-state index is 0.0403. The molecule has 5 rings (SSSR count). The van der Waals surface area contributed by atoms with Crippen molar-refractivity contribution in [3.05, 3.63) is 60.7 Å². The van der Waals surface area contributed by atoms with E-state index in [1.54, 1.807) is 12.1 Å². The highest BCUT2D eigenvalue weighted by molar-refractivity contribution is 7.86. The molecule has 4 aromatic carbocycles. The largest absolute Gasteiger partial charge is 0.357 e. The van der Waals surface area contributed by atoms with Crippen molar-refractivity contribution in [2.24, 2.45) is 5.92 Å². The smallest absolute Gasteiger partial charge is 0.295 e. The van der Waals surface area contributed by atoms with Crippen molar-refractivity contribution < 1.29 is 27.5 Å². The molecule has 7 nitrogen and oxygen atoms in total. The second-order valence-corrected chi connectivity index (χ2v) is 10.9. The standard InChI is InChI=1S/C26H27NO6S/c1-15(2)24-31-25(26(3,4)33-32-24)27-21-11-7-10-19-18-13-12-16-8-5-6-9-17(16)20(18)14-22(23(19)21)34(28,29)30/h5-15,24-25,27H,1-4H3,(H,28,29,30). The van der Waals surface area contributed by atoms with Crippen LogP contribution in [0, 0.1) is 5.92 Å². The molecular formula is C26H27NO6S. The van der Waals surface area contributed by atoms with E-state index in [9.17, 15) is 13.0 Å². The Labute approximate surface area is 198 Å². The molecule has 1 fully saturated rings. The fourth-order valence-corrected chi connectivity index (χ4v) is 5.15.